The molecule has 0 amide bonds. The molecule has 1 aromatic rings. The summed E-state index contributed by atoms with van der Waals surface area (Å²) in [6, 6.07) is 3.74. The highest BCUT2D eigenvalue weighted by Gasteiger charge is 2.46. The topological polar surface area (TPSA) is 81.6 Å². The van der Waals surface area contributed by atoms with E-state index < -0.39 is 10.0 Å². The Bertz CT molecular complexity index is 748. The molecule has 28 heavy (non-hydrogen) atoms. The summed E-state index contributed by atoms with van der Waals surface area (Å²) in [7, 11) is -3.15. The van der Waals surface area contributed by atoms with Gasteiger partial charge in [0.05, 0.1) is 6.26 Å². The maximum Gasteiger partial charge on any atom is 0.233 e. The van der Waals surface area contributed by atoms with Crippen molar-refractivity contribution in [1.29, 1.82) is 0 Å². The summed E-state index contributed by atoms with van der Waals surface area (Å²) in [5, 5.41) is 8.36. The lowest BCUT2D eigenvalue weighted by Gasteiger charge is -2.36. The summed E-state index contributed by atoms with van der Waals surface area (Å²) in [6.45, 7) is 2.26. The molecule has 2 bridgehead atoms. The zero-order valence-corrected chi connectivity index (χ0v) is 17.6. The molecule has 8 heteroatoms. The van der Waals surface area contributed by atoms with Crippen molar-refractivity contribution < 1.29 is 17.9 Å². The fourth-order valence-corrected chi connectivity index (χ4v) is 6.62. The summed E-state index contributed by atoms with van der Waals surface area (Å²) in [6.07, 6.45) is 10.7. The standard InChI is InChI=1S/C20H31N3O4S/c1-3-14-4-8-17(9-5-14)26-19-10-11-20(22-21-19)27-18-12-15-6-7-16(13-18)23(15)28(2,24)25/h10-11,14-18H,3-9,12-13H2,1-2H3. The molecular weight excluding hydrogens is 378 g/mol. The van der Waals surface area contributed by atoms with Crippen molar-refractivity contribution >= 4 is 10.0 Å². The minimum Gasteiger partial charge on any atom is -0.473 e. The Balaban J connectivity index is 1.30. The lowest BCUT2D eigenvalue weighted by atomic mass is 9.86. The van der Waals surface area contributed by atoms with Crippen LogP contribution in [0.1, 0.15) is 64.7 Å². The lowest BCUT2D eigenvalue weighted by molar-refractivity contribution is 0.0898. The number of aromatic nitrogens is 2. The molecule has 1 aromatic heterocycles. The van der Waals surface area contributed by atoms with Gasteiger partial charge in [0.25, 0.3) is 0 Å². The molecule has 0 N–H and O–H groups in total. The first-order valence-corrected chi connectivity index (χ1v) is 12.4. The smallest absolute Gasteiger partial charge is 0.233 e. The molecular formula is C20H31N3O4S. The van der Waals surface area contributed by atoms with Crippen LogP contribution in [0.4, 0.5) is 0 Å². The molecule has 0 aromatic carbocycles. The monoisotopic (exact) mass is 409 g/mol. The maximum absolute atomic E-state index is 12.0. The van der Waals surface area contributed by atoms with Crippen LogP contribution in [0.3, 0.4) is 0 Å². The Morgan fingerprint density at radius 1 is 0.929 bits per heavy atom. The minimum absolute atomic E-state index is 0.0131. The van der Waals surface area contributed by atoms with Gasteiger partial charge in [0.1, 0.15) is 12.2 Å². The van der Waals surface area contributed by atoms with Crippen molar-refractivity contribution in [2.75, 3.05) is 6.26 Å². The summed E-state index contributed by atoms with van der Waals surface area (Å²) in [5.41, 5.74) is 0. The number of piperidine rings is 1. The molecule has 3 aliphatic rings. The minimum atomic E-state index is -3.15. The van der Waals surface area contributed by atoms with Gasteiger partial charge < -0.3 is 9.47 Å². The van der Waals surface area contributed by atoms with Gasteiger partial charge in [-0.3, -0.25) is 0 Å². The van der Waals surface area contributed by atoms with Crippen LogP contribution in [0.15, 0.2) is 12.1 Å². The van der Waals surface area contributed by atoms with Crippen LogP contribution in [-0.2, 0) is 10.0 Å². The zero-order valence-electron chi connectivity index (χ0n) is 16.8. The van der Waals surface area contributed by atoms with E-state index in [1.807, 2.05) is 12.1 Å². The van der Waals surface area contributed by atoms with E-state index in [1.165, 1.54) is 25.5 Å². The Labute approximate surface area is 167 Å². The number of nitrogens with zero attached hydrogens (tertiary/aromatic N) is 3. The second-order valence-corrected chi connectivity index (χ2v) is 10.5. The average Bonchev–Trinajstić information content (AvgIpc) is 2.96. The van der Waals surface area contributed by atoms with Gasteiger partial charge in [0.2, 0.25) is 21.8 Å². The number of hydrogen-bond acceptors (Lipinski definition) is 6. The van der Waals surface area contributed by atoms with Crippen molar-refractivity contribution in [3.05, 3.63) is 12.1 Å². The molecule has 1 aliphatic carbocycles. The Morgan fingerprint density at radius 2 is 1.46 bits per heavy atom. The van der Waals surface area contributed by atoms with E-state index >= 15 is 0 Å². The molecule has 4 rings (SSSR count). The Kier molecular flexibility index (Phi) is 5.78. The molecule has 3 fully saturated rings. The van der Waals surface area contributed by atoms with E-state index in [0.717, 1.165) is 31.6 Å². The maximum atomic E-state index is 12.0. The summed E-state index contributed by atoms with van der Waals surface area (Å²) < 4.78 is 37.7. The van der Waals surface area contributed by atoms with Crippen LogP contribution >= 0.6 is 0 Å². The fraction of sp³-hybridized carbons (Fsp3) is 0.800. The number of rotatable bonds is 6. The largest absolute Gasteiger partial charge is 0.473 e. The predicted molar refractivity (Wildman–Crippen MR) is 106 cm³/mol. The summed E-state index contributed by atoms with van der Waals surface area (Å²) in [5.74, 6) is 1.88. The van der Waals surface area contributed by atoms with Gasteiger partial charge >= 0.3 is 0 Å². The van der Waals surface area contributed by atoms with E-state index in [2.05, 4.69) is 17.1 Å². The first-order chi connectivity index (χ1) is 13.4. The van der Waals surface area contributed by atoms with Crippen molar-refractivity contribution in [2.24, 2.45) is 5.92 Å². The van der Waals surface area contributed by atoms with Crippen LogP contribution in [-0.4, -0.2) is 53.5 Å². The average molecular weight is 410 g/mol. The van der Waals surface area contributed by atoms with Gasteiger partial charge in [-0.1, -0.05) is 13.3 Å². The molecule has 0 radical (unpaired) electrons. The highest BCUT2D eigenvalue weighted by atomic mass is 32.2. The van der Waals surface area contributed by atoms with Crippen molar-refractivity contribution in [2.45, 2.75) is 89.0 Å². The fourth-order valence-electron chi connectivity index (χ4n) is 5.15. The van der Waals surface area contributed by atoms with Crippen LogP contribution in [0.25, 0.3) is 0 Å². The number of sulfonamides is 1. The first-order valence-electron chi connectivity index (χ1n) is 10.6. The molecule has 2 atom stereocenters. The van der Waals surface area contributed by atoms with Crippen molar-refractivity contribution in [3.63, 3.8) is 0 Å². The Morgan fingerprint density at radius 3 is 1.93 bits per heavy atom. The van der Waals surface area contributed by atoms with Gasteiger partial charge in [0, 0.05) is 37.1 Å². The molecule has 2 aliphatic heterocycles. The molecule has 7 nitrogen and oxygen atoms in total. The van der Waals surface area contributed by atoms with Crippen molar-refractivity contribution in [1.82, 2.24) is 14.5 Å². The third kappa shape index (κ3) is 4.43. The quantitative estimate of drug-likeness (QED) is 0.718. The highest BCUT2D eigenvalue weighted by molar-refractivity contribution is 7.88. The summed E-state index contributed by atoms with van der Waals surface area (Å²) in [4.78, 5) is 0. The van der Waals surface area contributed by atoms with Gasteiger partial charge in [-0.15, -0.1) is 10.2 Å². The highest BCUT2D eigenvalue weighted by Crippen LogP contribution is 2.38. The molecule has 2 saturated heterocycles. The van der Waals surface area contributed by atoms with Crippen molar-refractivity contribution in [3.8, 4) is 11.8 Å². The van der Waals surface area contributed by atoms with Crippen LogP contribution in [0.2, 0.25) is 0 Å². The van der Waals surface area contributed by atoms with Gasteiger partial charge in [-0.05, 0) is 44.4 Å². The molecule has 1 saturated carbocycles. The first kappa shape index (κ1) is 19.9. The predicted octanol–water partition coefficient (Wildman–Crippen LogP) is 3.16. The van der Waals surface area contributed by atoms with E-state index in [0.29, 0.717) is 24.6 Å². The van der Waals surface area contributed by atoms with E-state index in [4.69, 9.17) is 9.47 Å². The van der Waals surface area contributed by atoms with Crippen LogP contribution in [0, 0.1) is 5.92 Å². The van der Waals surface area contributed by atoms with Crippen LogP contribution < -0.4 is 9.47 Å². The lowest BCUT2D eigenvalue weighted by Crippen LogP contribution is -2.48. The third-order valence-corrected chi connectivity index (χ3v) is 7.93. The zero-order chi connectivity index (χ0) is 19.7. The van der Waals surface area contributed by atoms with E-state index in [-0.39, 0.29) is 24.3 Å². The molecule has 3 heterocycles. The third-order valence-electron chi connectivity index (χ3n) is 6.57. The van der Waals surface area contributed by atoms with E-state index in [1.54, 1.807) is 4.31 Å². The SMILES string of the molecule is CCC1CCC(Oc2ccc(OC3CC4CCC(C3)N4S(C)(=O)=O)nn2)CC1. The summed E-state index contributed by atoms with van der Waals surface area (Å²) >= 11 is 0. The molecule has 0 spiro atoms. The molecule has 156 valence electrons. The van der Waals surface area contributed by atoms with Gasteiger partial charge in [-0.25, -0.2) is 8.42 Å². The second-order valence-electron chi connectivity index (χ2n) is 8.57. The Hall–Kier alpha value is -1.41. The number of ether oxygens (including phenoxy) is 2. The molecule has 2 unspecified atom stereocenters. The van der Waals surface area contributed by atoms with Gasteiger partial charge in [-0.2, -0.15) is 4.31 Å². The normalized spacial score (nSPS) is 33.6. The van der Waals surface area contributed by atoms with E-state index in [9.17, 15) is 8.42 Å². The van der Waals surface area contributed by atoms with Gasteiger partial charge in [0.15, 0.2) is 0 Å². The number of fused-ring (bicyclic) bond motifs is 2. The van der Waals surface area contributed by atoms with Crippen LogP contribution in [0.5, 0.6) is 11.8 Å². The second kappa shape index (κ2) is 8.14. The number of hydrogen-bond donors (Lipinski definition) is 0.